The summed E-state index contributed by atoms with van der Waals surface area (Å²) in [7, 11) is 0. The molecule has 0 spiro atoms. The summed E-state index contributed by atoms with van der Waals surface area (Å²) in [6, 6.07) is 10.1. The van der Waals surface area contributed by atoms with E-state index >= 15 is 0 Å². The quantitative estimate of drug-likeness (QED) is 0.846. The number of nitrogens with one attached hydrogen (secondary N) is 1. The van der Waals surface area contributed by atoms with Crippen molar-refractivity contribution in [2.24, 2.45) is 0 Å². The SMILES string of the molecule is CCN1CCN(c2ccc(NC(=O)c3ccc(F)cc3)c(C(=O)O)c2)CC1. The van der Waals surface area contributed by atoms with E-state index in [1.165, 1.54) is 24.3 Å². The monoisotopic (exact) mass is 371 g/mol. The summed E-state index contributed by atoms with van der Waals surface area (Å²) in [5.74, 6) is -2.04. The Hall–Kier alpha value is -2.93. The third-order valence-electron chi connectivity index (χ3n) is 4.77. The van der Waals surface area contributed by atoms with Crippen molar-refractivity contribution in [3.63, 3.8) is 0 Å². The van der Waals surface area contributed by atoms with Crippen molar-refractivity contribution in [2.45, 2.75) is 6.92 Å². The van der Waals surface area contributed by atoms with Crippen LogP contribution in [-0.4, -0.2) is 54.6 Å². The Morgan fingerprint density at radius 3 is 2.33 bits per heavy atom. The molecule has 7 heteroatoms. The molecule has 1 saturated heterocycles. The van der Waals surface area contributed by atoms with Crippen molar-refractivity contribution >= 4 is 23.3 Å². The molecule has 1 aliphatic heterocycles. The van der Waals surface area contributed by atoms with Crippen molar-refractivity contribution in [3.05, 3.63) is 59.4 Å². The maximum atomic E-state index is 13.0. The van der Waals surface area contributed by atoms with Crippen LogP contribution in [0.3, 0.4) is 0 Å². The van der Waals surface area contributed by atoms with Crippen molar-refractivity contribution < 1.29 is 19.1 Å². The largest absolute Gasteiger partial charge is 0.478 e. The lowest BCUT2D eigenvalue weighted by Gasteiger charge is -2.35. The number of hydrogen-bond donors (Lipinski definition) is 2. The third-order valence-corrected chi connectivity index (χ3v) is 4.77. The summed E-state index contributed by atoms with van der Waals surface area (Å²) in [5, 5.41) is 12.2. The molecule has 1 amide bonds. The summed E-state index contributed by atoms with van der Waals surface area (Å²) in [6.07, 6.45) is 0. The van der Waals surface area contributed by atoms with E-state index in [4.69, 9.17) is 0 Å². The first-order valence-electron chi connectivity index (χ1n) is 8.89. The molecule has 2 N–H and O–H groups in total. The van der Waals surface area contributed by atoms with Gasteiger partial charge in [0, 0.05) is 37.4 Å². The standard InChI is InChI=1S/C20H22FN3O3/c1-2-23-9-11-24(12-10-23)16-7-8-18(17(13-16)20(26)27)22-19(25)14-3-5-15(21)6-4-14/h3-8,13H,2,9-12H2,1H3,(H,22,25)(H,26,27). The second kappa shape index (κ2) is 8.18. The van der Waals surface area contributed by atoms with Crippen LogP contribution >= 0.6 is 0 Å². The first kappa shape index (κ1) is 18.8. The maximum Gasteiger partial charge on any atom is 0.337 e. The fraction of sp³-hybridized carbons (Fsp3) is 0.300. The molecule has 0 unspecified atom stereocenters. The number of carboxylic acid groups (broad SMARTS) is 1. The van der Waals surface area contributed by atoms with Gasteiger partial charge in [-0.2, -0.15) is 0 Å². The molecule has 0 aliphatic carbocycles. The van der Waals surface area contributed by atoms with Gasteiger partial charge in [0.15, 0.2) is 0 Å². The minimum absolute atomic E-state index is 0.0286. The number of carboxylic acids is 1. The molecule has 0 radical (unpaired) electrons. The Kier molecular flexibility index (Phi) is 5.71. The van der Waals surface area contributed by atoms with Gasteiger partial charge in [-0.25, -0.2) is 9.18 Å². The van der Waals surface area contributed by atoms with E-state index < -0.39 is 17.7 Å². The van der Waals surface area contributed by atoms with Gasteiger partial charge < -0.3 is 20.2 Å². The first-order chi connectivity index (χ1) is 13.0. The number of carbonyl (C=O) groups excluding carboxylic acids is 1. The predicted octanol–water partition coefficient (Wildman–Crippen LogP) is 2.92. The van der Waals surface area contributed by atoms with Gasteiger partial charge >= 0.3 is 5.97 Å². The van der Waals surface area contributed by atoms with E-state index in [0.29, 0.717) is 0 Å². The van der Waals surface area contributed by atoms with Crippen molar-refractivity contribution in [2.75, 3.05) is 42.9 Å². The highest BCUT2D eigenvalue weighted by Gasteiger charge is 2.19. The van der Waals surface area contributed by atoms with Crippen LogP contribution in [0.15, 0.2) is 42.5 Å². The lowest BCUT2D eigenvalue weighted by molar-refractivity contribution is 0.0698. The Morgan fingerprint density at radius 1 is 1.07 bits per heavy atom. The zero-order valence-corrected chi connectivity index (χ0v) is 15.1. The number of rotatable bonds is 5. The van der Waals surface area contributed by atoms with Crippen LogP contribution in [0.4, 0.5) is 15.8 Å². The lowest BCUT2D eigenvalue weighted by Crippen LogP contribution is -2.46. The van der Waals surface area contributed by atoms with E-state index in [0.717, 1.165) is 38.4 Å². The fourth-order valence-electron chi connectivity index (χ4n) is 3.13. The van der Waals surface area contributed by atoms with E-state index in [-0.39, 0.29) is 16.8 Å². The summed E-state index contributed by atoms with van der Waals surface area (Å²) in [5.41, 5.74) is 1.32. The molecule has 1 fully saturated rings. The normalized spacial score (nSPS) is 14.8. The molecule has 6 nitrogen and oxygen atoms in total. The Balaban J connectivity index is 1.79. The second-order valence-corrected chi connectivity index (χ2v) is 6.42. The number of benzene rings is 2. The van der Waals surface area contributed by atoms with Crippen LogP contribution in [0.2, 0.25) is 0 Å². The highest BCUT2D eigenvalue weighted by molar-refractivity contribution is 6.08. The zero-order chi connectivity index (χ0) is 19.4. The summed E-state index contributed by atoms with van der Waals surface area (Å²) < 4.78 is 13.0. The fourth-order valence-corrected chi connectivity index (χ4v) is 3.13. The number of likely N-dealkylation sites (N-methyl/N-ethyl adjacent to an activating group) is 1. The van der Waals surface area contributed by atoms with Crippen LogP contribution in [-0.2, 0) is 0 Å². The number of nitrogens with zero attached hydrogens (tertiary/aromatic N) is 2. The molecule has 2 aromatic rings. The average molecular weight is 371 g/mol. The average Bonchev–Trinajstić information content (AvgIpc) is 2.68. The molecule has 0 saturated carbocycles. The smallest absolute Gasteiger partial charge is 0.337 e. The molecule has 0 aromatic heterocycles. The van der Waals surface area contributed by atoms with Gasteiger partial charge in [0.05, 0.1) is 11.3 Å². The van der Waals surface area contributed by atoms with Gasteiger partial charge in [0.25, 0.3) is 5.91 Å². The molecule has 27 heavy (non-hydrogen) atoms. The van der Waals surface area contributed by atoms with E-state index in [1.807, 2.05) is 6.07 Å². The maximum absolute atomic E-state index is 13.0. The van der Waals surface area contributed by atoms with Crippen molar-refractivity contribution in [1.29, 1.82) is 0 Å². The number of hydrogen-bond acceptors (Lipinski definition) is 4. The van der Waals surface area contributed by atoms with Crippen LogP contribution in [0.1, 0.15) is 27.6 Å². The van der Waals surface area contributed by atoms with Crippen LogP contribution < -0.4 is 10.2 Å². The molecule has 3 rings (SSSR count). The Labute approximate surface area is 157 Å². The molecule has 0 atom stereocenters. The summed E-state index contributed by atoms with van der Waals surface area (Å²) in [6.45, 7) is 6.64. The zero-order valence-electron chi connectivity index (χ0n) is 15.1. The van der Waals surface area contributed by atoms with Gasteiger partial charge in [0.2, 0.25) is 0 Å². The number of piperazine rings is 1. The molecule has 0 bridgehead atoms. The highest BCUT2D eigenvalue weighted by Crippen LogP contribution is 2.25. The van der Waals surface area contributed by atoms with Gasteiger partial charge in [-0.3, -0.25) is 4.79 Å². The minimum atomic E-state index is -1.11. The summed E-state index contributed by atoms with van der Waals surface area (Å²) in [4.78, 5) is 28.5. The molecular formula is C20H22FN3O3. The number of anilines is 2. The van der Waals surface area contributed by atoms with E-state index in [9.17, 15) is 19.1 Å². The third kappa shape index (κ3) is 4.43. The molecule has 2 aromatic carbocycles. The van der Waals surface area contributed by atoms with Gasteiger partial charge in [-0.05, 0) is 49.0 Å². The first-order valence-corrected chi connectivity index (χ1v) is 8.89. The van der Waals surface area contributed by atoms with Crippen molar-refractivity contribution in [1.82, 2.24) is 4.90 Å². The van der Waals surface area contributed by atoms with Gasteiger partial charge in [0.1, 0.15) is 5.82 Å². The summed E-state index contributed by atoms with van der Waals surface area (Å²) >= 11 is 0. The number of halogens is 1. The highest BCUT2D eigenvalue weighted by atomic mass is 19.1. The molecule has 1 heterocycles. The van der Waals surface area contributed by atoms with Gasteiger partial charge in [-0.1, -0.05) is 6.92 Å². The predicted molar refractivity (Wildman–Crippen MR) is 102 cm³/mol. The van der Waals surface area contributed by atoms with Crippen LogP contribution in [0, 0.1) is 5.82 Å². The number of amides is 1. The van der Waals surface area contributed by atoms with Crippen LogP contribution in [0.5, 0.6) is 0 Å². The van der Waals surface area contributed by atoms with E-state index in [1.54, 1.807) is 12.1 Å². The van der Waals surface area contributed by atoms with Crippen LogP contribution in [0.25, 0.3) is 0 Å². The lowest BCUT2D eigenvalue weighted by atomic mass is 10.1. The minimum Gasteiger partial charge on any atom is -0.478 e. The topological polar surface area (TPSA) is 72.9 Å². The Morgan fingerprint density at radius 2 is 1.74 bits per heavy atom. The van der Waals surface area contributed by atoms with E-state index in [2.05, 4.69) is 22.0 Å². The number of aromatic carboxylic acids is 1. The number of carbonyl (C=O) groups is 2. The van der Waals surface area contributed by atoms with Gasteiger partial charge in [-0.15, -0.1) is 0 Å². The molecule has 142 valence electrons. The second-order valence-electron chi connectivity index (χ2n) is 6.42. The van der Waals surface area contributed by atoms with Crippen molar-refractivity contribution in [3.8, 4) is 0 Å². The molecular weight excluding hydrogens is 349 g/mol. The molecule has 1 aliphatic rings. The Bertz CT molecular complexity index is 831.